The van der Waals surface area contributed by atoms with Gasteiger partial charge < -0.3 is 4.74 Å². The van der Waals surface area contributed by atoms with Gasteiger partial charge in [-0.3, -0.25) is 0 Å². The Hall–Kier alpha value is -0.300. The zero-order chi connectivity index (χ0) is 8.57. The van der Waals surface area contributed by atoms with Crippen LogP contribution in [-0.2, 0) is 4.74 Å². The van der Waals surface area contributed by atoms with Gasteiger partial charge in [-0.25, -0.2) is 0 Å². The normalized spacial score (nSPS) is 9.40. The first-order chi connectivity index (χ1) is 4.63. The van der Waals surface area contributed by atoms with E-state index >= 15 is 0 Å². The van der Waals surface area contributed by atoms with Gasteiger partial charge in [0.2, 0.25) is 0 Å². The first-order valence-electron chi connectivity index (χ1n) is 3.74. The zero-order valence-electron chi connectivity index (χ0n) is 7.68. The second-order valence-corrected chi connectivity index (χ2v) is 2.78. The van der Waals surface area contributed by atoms with Gasteiger partial charge in [0.15, 0.2) is 0 Å². The molecule has 10 heavy (non-hydrogen) atoms. The van der Waals surface area contributed by atoms with E-state index in [0.29, 0.717) is 12.0 Å². The van der Waals surface area contributed by atoms with Crippen molar-refractivity contribution in [2.24, 2.45) is 5.92 Å². The molecule has 0 atom stereocenters. The summed E-state index contributed by atoms with van der Waals surface area (Å²) < 4.78 is 5.30. The summed E-state index contributed by atoms with van der Waals surface area (Å²) in [4.78, 5) is 0. The Morgan fingerprint density at radius 2 is 1.50 bits per heavy atom. The second kappa shape index (κ2) is 8.70. The molecule has 0 aliphatic heterocycles. The third kappa shape index (κ3) is 15.6. The lowest BCUT2D eigenvalue weighted by Gasteiger charge is -2.08. The number of rotatable bonds is 3. The van der Waals surface area contributed by atoms with Gasteiger partial charge in [-0.05, 0) is 19.8 Å². The van der Waals surface area contributed by atoms with Crippen LogP contribution in [0.15, 0.2) is 13.2 Å². The maximum atomic E-state index is 5.30. The highest BCUT2D eigenvalue weighted by molar-refractivity contribution is 4.41. The molecule has 0 N–H and O–H groups in total. The van der Waals surface area contributed by atoms with Crippen molar-refractivity contribution in [1.82, 2.24) is 0 Å². The lowest BCUT2D eigenvalue weighted by molar-refractivity contribution is 0.0593. The molecule has 0 saturated carbocycles. The van der Waals surface area contributed by atoms with Crippen molar-refractivity contribution in [3.05, 3.63) is 13.2 Å². The molecule has 0 aliphatic carbocycles. The van der Waals surface area contributed by atoms with Crippen molar-refractivity contribution < 1.29 is 4.74 Å². The fourth-order valence-corrected chi connectivity index (χ4v) is 0.385. The lowest BCUT2D eigenvalue weighted by atomic mass is 10.2. The summed E-state index contributed by atoms with van der Waals surface area (Å²) in [5, 5.41) is 0. The Bertz CT molecular complexity index is 49.7. The van der Waals surface area contributed by atoms with Crippen LogP contribution in [0.4, 0.5) is 0 Å². The van der Waals surface area contributed by atoms with Crippen molar-refractivity contribution in [2.45, 2.75) is 33.8 Å². The molecule has 0 saturated heterocycles. The predicted molar refractivity (Wildman–Crippen MR) is 47.2 cm³/mol. The SMILES string of the molecule is C=C.CC(C)COC(C)C. The lowest BCUT2D eigenvalue weighted by Crippen LogP contribution is -2.08. The van der Waals surface area contributed by atoms with Crippen LogP contribution in [0.2, 0.25) is 0 Å². The Morgan fingerprint density at radius 3 is 1.60 bits per heavy atom. The van der Waals surface area contributed by atoms with Crippen molar-refractivity contribution in [1.29, 1.82) is 0 Å². The third-order valence-corrected chi connectivity index (χ3v) is 0.763. The molecule has 1 nitrogen and oxygen atoms in total. The summed E-state index contributed by atoms with van der Waals surface area (Å²) >= 11 is 0. The minimum Gasteiger partial charge on any atom is -0.379 e. The quantitative estimate of drug-likeness (QED) is 0.553. The Balaban J connectivity index is 0. The van der Waals surface area contributed by atoms with Crippen LogP contribution in [-0.4, -0.2) is 12.7 Å². The van der Waals surface area contributed by atoms with Crippen LogP contribution in [0.1, 0.15) is 27.7 Å². The summed E-state index contributed by atoms with van der Waals surface area (Å²) in [6.07, 6.45) is 0.386. The minimum absolute atomic E-state index is 0.386. The largest absolute Gasteiger partial charge is 0.379 e. The Labute approximate surface area is 65.1 Å². The number of hydrogen-bond donors (Lipinski definition) is 0. The molecule has 0 aromatic rings. The highest BCUT2D eigenvalue weighted by atomic mass is 16.5. The maximum Gasteiger partial charge on any atom is 0.0518 e. The van der Waals surface area contributed by atoms with E-state index in [1.54, 1.807) is 0 Å². The summed E-state index contributed by atoms with van der Waals surface area (Å²) in [5.41, 5.74) is 0. The van der Waals surface area contributed by atoms with Crippen molar-refractivity contribution in [3.8, 4) is 0 Å². The van der Waals surface area contributed by atoms with E-state index in [0.717, 1.165) is 6.61 Å². The maximum absolute atomic E-state index is 5.30. The fraction of sp³-hybridized carbons (Fsp3) is 0.778. The molecular formula is C9H20O. The van der Waals surface area contributed by atoms with Gasteiger partial charge in [0.1, 0.15) is 0 Å². The van der Waals surface area contributed by atoms with Crippen molar-refractivity contribution >= 4 is 0 Å². The van der Waals surface area contributed by atoms with Gasteiger partial charge in [0.25, 0.3) is 0 Å². The molecule has 0 rings (SSSR count). The van der Waals surface area contributed by atoms with E-state index in [1.807, 2.05) is 0 Å². The van der Waals surface area contributed by atoms with Gasteiger partial charge >= 0.3 is 0 Å². The van der Waals surface area contributed by atoms with Gasteiger partial charge in [-0.1, -0.05) is 13.8 Å². The number of ether oxygens (including phenoxy) is 1. The van der Waals surface area contributed by atoms with Crippen LogP contribution >= 0.6 is 0 Å². The van der Waals surface area contributed by atoms with E-state index < -0.39 is 0 Å². The zero-order valence-corrected chi connectivity index (χ0v) is 7.68. The molecule has 0 radical (unpaired) electrons. The molecule has 1 heteroatoms. The molecule has 0 aromatic heterocycles. The molecule has 0 amide bonds. The minimum atomic E-state index is 0.386. The molecule has 0 aromatic carbocycles. The van der Waals surface area contributed by atoms with Crippen LogP contribution in [0.25, 0.3) is 0 Å². The molecule has 0 fully saturated rings. The van der Waals surface area contributed by atoms with Crippen LogP contribution in [0.5, 0.6) is 0 Å². The first kappa shape index (κ1) is 12.4. The molecular weight excluding hydrogens is 124 g/mol. The predicted octanol–water partition coefficient (Wildman–Crippen LogP) is 2.87. The molecule has 0 unspecified atom stereocenters. The smallest absolute Gasteiger partial charge is 0.0518 e. The Kier molecular flexibility index (Phi) is 10.8. The van der Waals surface area contributed by atoms with Gasteiger partial charge in [-0.2, -0.15) is 0 Å². The molecule has 0 heterocycles. The highest BCUT2D eigenvalue weighted by Gasteiger charge is 1.94. The topological polar surface area (TPSA) is 9.23 Å². The number of hydrogen-bond acceptors (Lipinski definition) is 1. The average Bonchev–Trinajstić information content (AvgIpc) is 1.89. The van der Waals surface area contributed by atoms with E-state index in [1.165, 1.54) is 0 Å². The van der Waals surface area contributed by atoms with Crippen LogP contribution < -0.4 is 0 Å². The van der Waals surface area contributed by atoms with E-state index in [-0.39, 0.29) is 0 Å². The molecule has 0 spiro atoms. The second-order valence-electron chi connectivity index (χ2n) is 2.78. The van der Waals surface area contributed by atoms with E-state index in [4.69, 9.17) is 4.74 Å². The van der Waals surface area contributed by atoms with Gasteiger partial charge in [0, 0.05) is 6.61 Å². The van der Waals surface area contributed by atoms with E-state index in [2.05, 4.69) is 40.9 Å². The summed E-state index contributed by atoms with van der Waals surface area (Å²) in [6.45, 7) is 15.3. The third-order valence-electron chi connectivity index (χ3n) is 0.763. The van der Waals surface area contributed by atoms with Gasteiger partial charge in [-0.15, -0.1) is 13.2 Å². The average molecular weight is 144 g/mol. The van der Waals surface area contributed by atoms with Crippen LogP contribution in [0, 0.1) is 5.92 Å². The van der Waals surface area contributed by atoms with Crippen molar-refractivity contribution in [3.63, 3.8) is 0 Å². The van der Waals surface area contributed by atoms with E-state index in [9.17, 15) is 0 Å². The molecule has 0 aliphatic rings. The van der Waals surface area contributed by atoms with Crippen LogP contribution in [0.3, 0.4) is 0 Å². The molecule has 62 valence electrons. The standard InChI is InChI=1S/C7H16O.C2H4/c1-6(2)5-8-7(3)4;1-2/h6-7H,5H2,1-4H3;1-2H2. The monoisotopic (exact) mass is 144 g/mol. The highest BCUT2D eigenvalue weighted by Crippen LogP contribution is 1.95. The summed E-state index contributed by atoms with van der Waals surface area (Å²) in [6, 6.07) is 0. The summed E-state index contributed by atoms with van der Waals surface area (Å²) in [5.74, 6) is 0.664. The first-order valence-corrected chi connectivity index (χ1v) is 3.74. The fourth-order valence-electron chi connectivity index (χ4n) is 0.385. The van der Waals surface area contributed by atoms with Gasteiger partial charge in [0.05, 0.1) is 6.10 Å². The van der Waals surface area contributed by atoms with Crippen molar-refractivity contribution in [2.75, 3.05) is 6.61 Å². The summed E-state index contributed by atoms with van der Waals surface area (Å²) in [7, 11) is 0. The molecule has 0 bridgehead atoms. The Morgan fingerprint density at radius 1 is 1.10 bits per heavy atom.